The molecule has 136 valence electrons. The van der Waals surface area contributed by atoms with Crippen molar-refractivity contribution in [2.45, 2.75) is 31.5 Å². The van der Waals surface area contributed by atoms with Gasteiger partial charge in [-0.25, -0.2) is 0 Å². The Labute approximate surface area is 149 Å². The Morgan fingerprint density at radius 2 is 2.08 bits per heavy atom. The Bertz CT molecular complexity index is 664. The SMILES string of the molecule is COc1cccc2c1OCC(CN1CCC3(CC1)[C@@H](O)C[C@H]3OC)=C2. The maximum absolute atomic E-state index is 10.2. The van der Waals surface area contributed by atoms with Crippen LogP contribution >= 0.6 is 0 Å². The van der Waals surface area contributed by atoms with Crippen LogP contribution < -0.4 is 9.47 Å². The molecular weight excluding hydrogens is 318 g/mol. The van der Waals surface area contributed by atoms with Crippen LogP contribution in [0.2, 0.25) is 0 Å². The number of aliphatic hydroxyl groups excluding tert-OH is 1. The molecule has 0 radical (unpaired) electrons. The number of piperidine rings is 1. The number of fused-ring (bicyclic) bond motifs is 1. The highest BCUT2D eigenvalue weighted by Gasteiger charge is 2.55. The summed E-state index contributed by atoms with van der Waals surface area (Å²) >= 11 is 0. The van der Waals surface area contributed by atoms with Gasteiger partial charge in [0, 0.05) is 31.1 Å². The fourth-order valence-electron chi connectivity index (χ4n) is 4.61. The van der Waals surface area contributed by atoms with E-state index in [1.807, 2.05) is 12.1 Å². The van der Waals surface area contributed by atoms with E-state index < -0.39 is 0 Å². The number of hydrogen-bond donors (Lipinski definition) is 1. The molecule has 5 heteroatoms. The first-order valence-electron chi connectivity index (χ1n) is 9.09. The molecule has 2 heterocycles. The number of rotatable bonds is 4. The molecule has 2 atom stereocenters. The number of hydrogen-bond acceptors (Lipinski definition) is 5. The van der Waals surface area contributed by atoms with Gasteiger partial charge in [0.15, 0.2) is 11.5 Å². The number of ether oxygens (including phenoxy) is 3. The lowest BCUT2D eigenvalue weighted by atomic mass is 9.58. The molecule has 3 aliphatic rings. The monoisotopic (exact) mass is 345 g/mol. The van der Waals surface area contributed by atoms with Gasteiger partial charge in [-0.15, -0.1) is 0 Å². The van der Waals surface area contributed by atoms with Crippen LogP contribution in [-0.4, -0.2) is 62.7 Å². The number of benzene rings is 1. The van der Waals surface area contributed by atoms with Crippen LogP contribution in [0, 0.1) is 5.41 Å². The smallest absolute Gasteiger partial charge is 0.168 e. The summed E-state index contributed by atoms with van der Waals surface area (Å²) < 4.78 is 16.9. The van der Waals surface area contributed by atoms with Gasteiger partial charge in [0.2, 0.25) is 0 Å². The second kappa shape index (κ2) is 6.63. The van der Waals surface area contributed by atoms with Gasteiger partial charge >= 0.3 is 0 Å². The predicted octanol–water partition coefficient (Wildman–Crippen LogP) is 2.33. The van der Waals surface area contributed by atoms with Crippen molar-refractivity contribution in [3.05, 3.63) is 29.3 Å². The third-order valence-electron chi connectivity index (χ3n) is 6.23. The fraction of sp³-hybridized carbons (Fsp3) is 0.600. The van der Waals surface area contributed by atoms with Crippen LogP contribution in [0.5, 0.6) is 11.5 Å². The van der Waals surface area contributed by atoms with Gasteiger partial charge in [0.25, 0.3) is 0 Å². The first-order valence-corrected chi connectivity index (χ1v) is 9.09. The number of methoxy groups -OCH3 is 2. The van der Waals surface area contributed by atoms with Crippen LogP contribution in [-0.2, 0) is 4.74 Å². The third-order valence-corrected chi connectivity index (χ3v) is 6.23. The molecule has 2 fully saturated rings. The molecule has 1 saturated heterocycles. The summed E-state index contributed by atoms with van der Waals surface area (Å²) in [5, 5.41) is 10.2. The molecule has 0 unspecified atom stereocenters. The predicted molar refractivity (Wildman–Crippen MR) is 96.0 cm³/mol. The highest BCUT2D eigenvalue weighted by atomic mass is 16.5. The van der Waals surface area contributed by atoms with Crippen LogP contribution in [0.4, 0.5) is 0 Å². The van der Waals surface area contributed by atoms with Crippen LogP contribution in [0.15, 0.2) is 23.8 Å². The maximum Gasteiger partial charge on any atom is 0.168 e. The molecule has 0 bridgehead atoms. The number of likely N-dealkylation sites (tertiary alicyclic amines) is 1. The van der Waals surface area contributed by atoms with Crippen molar-refractivity contribution in [3.8, 4) is 11.5 Å². The molecule has 4 rings (SSSR count). The summed E-state index contributed by atoms with van der Waals surface area (Å²) in [5.41, 5.74) is 2.36. The topological polar surface area (TPSA) is 51.2 Å². The van der Waals surface area contributed by atoms with Gasteiger partial charge in [-0.1, -0.05) is 12.1 Å². The van der Waals surface area contributed by atoms with E-state index in [1.54, 1.807) is 14.2 Å². The van der Waals surface area contributed by atoms with Gasteiger partial charge in [-0.2, -0.15) is 0 Å². The van der Waals surface area contributed by atoms with Crippen molar-refractivity contribution in [2.75, 3.05) is 40.5 Å². The molecule has 25 heavy (non-hydrogen) atoms. The molecule has 0 aromatic heterocycles. The standard InChI is InChI=1S/C20H27NO4/c1-23-16-5-3-4-15-10-14(13-25-19(15)16)12-21-8-6-20(7-9-21)17(22)11-18(20)24-2/h3-5,10,17-18,22H,6-9,11-13H2,1-2H3/t17-,18+/m0/s1. The zero-order chi connectivity index (χ0) is 17.4. The van der Waals surface area contributed by atoms with Crippen molar-refractivity contribution in [2.24, 2.45) is 5.41 Å². The van der Waals surface area contributed by atoms with Crippen molar-refractivity contribution >= 4 is 6.08 Å². The van der Waals surface area contributed by atoms with Crippen LogP contribution in [0.1, 0.15) is 24.8 Å². The highest BCUT2D eigenvalue weighted by Crippen LogP contribution is 2.50. The van der Waals surface area contributed by atoms with E-state index >= 15 is 0 Å². The van der Waals surface area contributed by atoms with E-state index in [2.05, 4.69) is 17.0 Å². The van der Waals surface area contributed by atoms with Gasteiger partial charge < -0.3 is 19.3 Å². The molecule has 5 nitrogen and oxygen atoms in total. The summed E-state index contributed by atoms with van der Waals surface area (Å²) in [7, 11) is 3.44. The minimum absolute atomic E-state index is 0.0112. The van der Waals surface area contributed by atoms with Crippen molar-refractivity contribution in [1.82, 2.24) is 4.90 Å². The molecule has 1 saturated carbocycles. The lowest BCUT2D eigenvalue weighted by Crippen LogP contribution is -2.62. The summed E-state index contributed by atoms with van der Waals surface area (Å²) in [5.74, 6) is 1.63. The van der Waals surface area contributed by atoms with Crippen molar-refractivity contribution < 1.29 is 19.3 Å². The number of nitrogens with zero attached hydrogens (tertiary/aromatic N) is 1. The Morgan fingerprint density at radius 1 is 1.28 bits per heavy atom. The second-order valence-corrected chi connectivity index (χ2v) is 7.46. The lowest BCUT2D eigenvalue weighted by Gasteiger charge is -2.56. The lowest BCUT2D eigenvalue weighted by molar-refractivity contribution is -0.201. The van der Waals surface area contributed by atoms with E-state index in [4.69, 9.17) is 14.2 Å². The summed E-state index contributed by atoms with van der Waals surface area (Å²) in [6.07, 6.45) is 5.05. The molecule has 0 amide bonds. The van der Waals surface area contributed by atoms with Gasteiger partial charge in [-0.3, -0.25) is 4.90 Å². The van der Waals surface area contributed by atoms with Crippen LogP contribution in [0.3, 0.4) is 0 Å². The average molecular weight is 345 g/mol. The molecule has 2 aliphatic heterocycles. The Balaban J connectivity index is 1.40. The normalized spacial score (nSPS) is 27.9. The van der Waals surface area contributed by atoms with Gasteiger partial charge in [-0.05, 0) is 43.6 Å². The Kier molecular flexibility index (Phi) is 4.48. The van der Waals surface area contributed by atoms with Crippen molar-refractivity contribution in [1.29, 1.82) is 0 Å². The summed E-state index contributed by atoms with van der Waals surface area (Å²) in [4.78, 5) is 2.46. The van der Waals surface area contributed by atoms with E-state index in [0.717, 1.165) is 56.0 Å². The molecular formula is C20H27NO4. The van der Waals surface area contributed by atoms with E-state index in [9.17, 15) is 5.11 Å². The molecule has 1 aromatic rings. The van der Waals surface area contributed by atoms with E-state index in [0.29, 0.717) is 6.61 Å². The zero-order valence-corrected chi connectivity index (χ0v) is 15.0. The first-order chi connectivity index (χ1) is 12.2. The first kappa shape index (κ1) is 16.9. The minimum atomic E-state index is -0.198. The Hall–Kier alpha value is -1.56. The summed E-state index contributed by atoms with van der Waals surface area (Å²) in [6, 6.07) is 5.99. The van der Waals surface area contributed by atoms with Gasteiger partial charge in [0.05, 0.1) is 19.3 Å². The van der Waals surface area contributed by atoms with E-state index in [-0.39, 0.29) is 17.6 Å². The Morgan fingerprint density at radius 3 is 2.76 bits per heavy atom. The molecule has 1 N–H and O–H groups in total. The zero-order valence-electron chi connectivity index (χ0n) is 15.0. The fourth-order valence-corrected chi connectivity index (χ4v) is 4.61. The summed E-state index contributed by atoms with van der Waals surface area (Å²) in [6.45, 7) is 3.53. The number of aliphatic hydroxyl groups is 1. The third kappa shape index (κ3) is 2.84. The van der Waals surface area contributed by atoms with Crippen molar-refractivity contribution in [3.63, 3.8) is 0 Å². The number of para-hydroxylation sites is 1. The maximum atomic E-state index is 10.2. The average Bonchev–Trinajstić information content (AvgIpc) is 2.65. The quantitative estimate of drug-likeness (QED) is 0.908. The highest BCUT2D eigenvalue weighted by molar-refractivity contribution is 5.66. The minimum Gasteiger partial charge on any atom is -0.493 e. The molecule has 1 aromatic carbocycles. The second-order valence-electron chi connectivity index (χ2n) is 7.46. The largest absolute Gasteiger partial charge is 0.493 e. The van der Waals surface area contributed by atoms with Gasteiger partial charge in [0.1, 0.15) is 6.61 Å². The van der Waals surface area contributed by atoms with E-state index in [1.165, 1.54) is 5.57 Å². The molecule has 1 aliphatic carbocycles. The molecule has 1 spiro atoms. The van der Waals surface area contributed by atoms with Crippen LogP contribution in [0.25, 0.3) is 6.08 Å².